The number of nitrogens with zero attached hydrogens (tertiary/aromatic N) is 2. The van der Waals surface area contributed by atoms with E-state index in [1.807, 2.05) is 44.2 Å². The highest BCUT2D eigenvalue weighted by Crippen LogP contribution is 2.45. The third-order valence-electron chi connectivity index (χ3n) is 7.68. The molecule has 1 unspecified atom stereocenters. The van der Waals surface area contributed by atoms with E-state index >= 15 is 0 Å². The number of hydrogen-bond donors (Lipinski definition) is 0. The van der Waals surface area contributed by atoms with Crippen LogP contribution >= 0.6 is 11.3 Å². The topological polar surface area (TPSA) is 108 Å². The first-order valence-electron chi connectivity index (χ1n) is 14.1. The number of hydrogen-bond acceptors (Lipinski definition) is 9. The molecule has 44 heavy (non-hydrogen) atoms. The Kier molecular flexibility index (Phi) is 7.69. The van der Waals surface area contributed by atoms with Crippen LogP contribution in [-0.2, 0) is 11.3 Å². The molecule has 6 rings (SSSR count). The van der Waals surface area contributed by atoms with Crippen molar-refractivity contribution >= 4 is 39.3 Å². The van der Waals surface area contributed by atoms with E-state index in [4.69, 9.17) is 18.6 Å². The van der Waals surface area contributed by atoms with Crippen LogP contribution in [-0.4, -0.2) is 30.6 Å². The fourth-order valence-electron chi connectivity index (χ4n) is 5.32. The molecule has 0 saturated heterocycles. The lowest BCUT2D eigenvalue weighted by Gasteiger charge is -2.23. The Labute approximate surface area is 257 Å². The van der Waals surface area contributed by atoms with Gasteiger partial charge < -0.3 is 18.6 Å². The van der Waals surface area contributed by atoms with E-state index in [1.54, 1.807) is 44.2 Å². The molecule has 1 aliphatic heterocycles. The molecular formula is C34H30N2O7S. The third-order valence-corrected chi connectivity index (χ3v) is 8.82. The van der Waals surface area contributed by atoms with Gasteiger partial charge in [-0.3, -0.25) is 14.5 Å². The second-order valence-electron chi connectivity index (χ2n) is 10.5. The van der Waals surface area contributed by atoms with Crippen molar-refractivity contribution in [3.05, 3.63) is 115 Å². The van der Waals surface area contributed by atoms with Crippen LogP contribution in [0.2, 0.25) is 0 Å². The van der Waals surface area contributed by atoms with Gasteiger partial charge in [0.1, 0.15) is 17.1 Å². The molecule has 0 spiro atoms. The summed E-state index contributed by atoms with van der Waals surface area (Å²) in [5, 5.41) is 0.620. The largest absolute Gasteiger partial charge is 0.493 e. The molecule has 3 aromatic carbocycles. The first-order valence-corrected chi connectivity index (χ1v) is 14.9. The Morgan fingerprint density at radius 3 is 2.48 bits per heavy atom. The second kappa shape index (κ2) is 11.6. The number of esters is 1. The van der Waals surface area contributed by atoms with Crippen LogP contribution in [0.4, 0.5) is 5.13 Å². The summed E-state index contributed by atoms with van der Waals surface area (Å²) in [6.45, 7) is 7.77. The van der Waals surface area contributed by atoms with Crippen molar-refractivity contribution in [2.45, 2.75) is 40.3 Å². The first-order chi connectivity index (χ1) is 21.2. The van der Waals surface area contributed by atoms with Crippen molar-refractivity contribution in [1.29, 1.82) is 0 Å². The van der Waals surface area contributed by atoms with Gasteiger partial charge in [0.2, 0.25) is 5.76 Å². The lowest BCUT2D eigenvalue weighted by atomic mass is 9.97. The summed E-state index contributed by atoms with van der Waals surface area (Å²) in [6.07, 6.45) is 0. The van der Waals surface area contributed by atoms with E-state index in [0.717, 1.165) is 28.0 Å². The number of benzene rings is 3. The minimum Gasteiger partial charge on any atom is -0.493 e. The van der Waals surface area contributed by atoms with E-state index in [0.29, 0.717) is 40.3 Å². The van der Waals surface area contributed by atoms with Crippen LogP contribution in [0.15, 0.2) is 69.9 Å². The van der Waals surface area contributed by atoms with Gasteiger partial charge in [-0.05, 0) is 74.2 Å². The van der Waals surface area contributed by atoms with Crippen molar-refractivity contribution in [3.8, 4) is 11.5 Å². The van der Waals surface area contributed by atoms with Crippen molar-refractivity contribution in [1.82, 2.24) is 4.98 Å². The lowest BCUT2D eigenvalue weighted by molar-refractivity contribution is 0.0531. The van der Waals surface area contributed by atoms with Gasteiger partial charge in [0.05, 0.1) is 36.4 Å². The molecule has 0 aliphatic carbocycles. The Morgan fingerprint density at radius 2 is 1.75 bits per heavy atom. The van der Waals surface area contributed by atoms with Gasteiger partial charge in [-0.1, -0.05) is 47.7 Å². The molecule has 2 aromatic heterocycles. The normalized spacial score (nSPS) is 14.2. The van der Waals surface area contributed by atoms with E-state index in [9.17, 15) is 14.4 Å². The molecule has 0 radical (unpaired) electrons. The predicted molar refractivity (Wildman–Crippen MR) is 167 cm³/mol. The summed E-state index contributed by atoms with van der Waals surface area (Å²) in [7, 11) is 1.53. The highest BCUT2D eigenvalue weighted by Gasteiger charge is 2.45. The summed E-state index contributed by atoms with van der Waals surface area (Å²) in [4.78, 5) is 47.2. The Morgan fingerprint density at radius 1 is 1.00 bits per heavy atom. The number of amides is 1. The number of ether oxygens (including phenoxy) is 3. The minimum absolute atomic E-state index is 0.0651. The van der Waals surface area contributed by atoms with Crippen LogP contribution in [0.1, 0.15) is 66.7 Å². The molecule has 1 atom stereocenters. The summed E-state index contributed by atoms with van der Waals surface area (Å²) in [5.74, 6) is -0.192. The molecule has 0 N–H and O–H groups in total. The van der Waals surface area contributed by atoms with E-state index in [1.165, 1.54) is 12.0 Å². The van der Waals surface area contributed by atoms with Gasteiger partial charge in [0, 0.05) is 0 Å². The maximum atomic E-state index is 14.2. The molecule has 10 heteroatoms. The number of thiazole rings is 1. The lowest BCUT2D eigenvalue weighted by Crippen LogP contribution is -2.29. The van der Waals surface area contributed by atoms with Gasteiger partial charge >= 0.3 is 5.97 Å². The zero-order valence-corrected chi connectivity index (χ0v) is 25.7. The molecule has 5 aromatic rings. The van der Waals surface area contributed by atoms with Crippen molar-refractivity contribution in [3.63, 3.8) is 0 Å². The average Bonchev–Trinajstić information content (AvgIpc) is 3.54. The number of fused-ring (bicyclic) bond motifs is 2. The Balaban J connectivity index is 1.51. The standard InChI is InChI=1S/C34H30N2O7S/c1-6-41-33(39)31-20(4)35-34(44-31)36-28(22-12-13-24(26(16-22)40-5)42-17-21-10-8-7-9-11-21)27-29(37)23-14-18(2)19(3)15-25(23)43-30(27)32(36)38/h7-16,28H,6,17H2,1-5H3. The number of methoxy groups -OCH3 is 1. The molecule has 0 fully saturated rings. The van der Waals surface area contributed by atoms with Crippen LogP contribution in [0.25, 0.3) is 11.0 Å². The Hall–Kier alpha value is -4.96. The number of carbonyl (C=O) groups excluding carboxylic acids is 2. The van der Waals surface area contributed by atoms with Crippen molar-refractivity contribution < 1.29 is 28.2 Å². The van der Waals surface area contributed by atoms with Crippen LogP contribution in [0, 0.1) is 20.8 Å². The quantitative estimate of drug-likeness (QED) is 0.179. The number of carbonyl (C=O) groups is 2. The van der Waals surface area contributed by atoms with Gasteiger partial charge in [-0.25, -0.2) is 9.78 Å². The molecule has 0 saturated carbocycles. The van der Waals surface area contributed by atoms with Gasteiger partial charge in [-0.15, -0.1) is 0 Å². The molecule has 3 heterocycles. The van der Waals surface area contributed by atoms with Crippen LogP contribution in [0.5, 0.6) is 11.5 Å². The van der Waals surface area contributed by atoms with Gasteiger partial charge in [0.25, 0.3) is 5.91 Å². The number of aryl methyl sites for hydroxylation is 3. The fourth-order valence-corrected chi connectivity index (χ4v) is 6.31. The second-order valence-corrected chi connectivity index (χ2v) is 11.5. The fraction of sp³-hybridized carbons (Fsp3) is 0.235. The SMILES string of the molecule is CCOC(=O)c1sc(N2C(=O)c3oc4cc(C)c(C)cc4c(=O)c3C2c2ccc(OCc3ccccc3)c(OC)c2)nc1C. The van der Waals surface area contributed by atoms with Crippen LogP contribution < -0.4 is 19.8 Å². The molecule has 1 aliphatic rings. The monoisotopic (exact) mass is 610 g/mol. The zero-order valence-electron chi connectivity index (χ0n) is 24.9. The third kappa shape index (κ3) is 5.01. The molecule has 224 valence electrons. The number of aromatic nitrogens is 1. The molecule has 0 bridgehead atoms. The number of rotatable bonds is 8. The van der Waals surface area contributed by atoms with E-state index in [-0.39, 0.29) is 33.4 Å². The van der Waals surface area contributed by atoms with Crippen LogP contribution in [0.3, 0.4) is 0 Å². The molecule has 9 nitrogen and oxygen atoms in total. The average molecular weight is 611 g/mol. The maximum absolute atomic E-state index is 14.2. The zero-order chi connectivity index (χ0) is 31.1. The highest BCUT2D eigenvalue weighted by molar-refractivity contribution is 7.17. The van der Waals surface area contributed by atoms with E-state index < -0.39 is 17.9 Å². The first kappa shape index (κ1) is 29.1. The van der Waals surface area contributed by atoms with E-state index in [2.05, 4.69) is 4.98 Å². The predicted octanol–water partition coefficient (Wildman–Crippen LogP) is 6.69. The summed E-state index contributed by atoms with van der Waals surface area (Å²) >= 11 is 1.03. The summed E-state index contributed by atoms with van der Waals surface area (Å²) in [5.41, 5.74) is 4.07. The number of anilines is 1. The smallest absolute Gasteiger partial charge is 0.350 e. The highest BCUT2D eigenvalue weighted by atomic mass is 32.1. The van der Waals surface area contributed by atoms with Crippen molar-refractivity contribution in [2.75, 3.05) is 18.6 Å². The van der Waals surface area contributed by atoms with Gasteiger partial charge in [0.15, 0.2) is 22.1 Å². The molecular weight excluding hydrogens is 580 g/mol. The van der Waals surface area contributed by atoms with Crippen molar-refractivity contribution in [2.24, 2.45) is 0 Å². The minimum atomic E-state index is -0.905. The Bertz CT molecular complexity index is 1980. The molecule has 1 amide bonds. The summed E-state index contributed by atoms with van der Waals surface area (Å²) in [6, 6.07) is 17.7. The summed E-state index contributed by atoms with van der Waals surface area (Å²) < 4.78 is 23.1. The maximum Gasteiger partial charge on any atom is 0.350 e. The van der Waals surface area contributed by atoms with Gasteiger partial charge in [-0.2, -0.15) is 0 Å².